The maximum Gasteiger partial charge on any atom is 0.310 e. The summed E-state index contributed by atoms with van der Waals surface area (Å²) in [6.07, 6.45) is 11.7. The number of fused-ring (bicyclic) bond motifs is 7. The van der Waals surface area contributed by atoms with Gasteiger partial charge in [-0.15, -0.1) is 0 Å². The molecule has 1 N–H and O–H groups in total. The lowest BCUT2D eigenvalue weighted by Gasteiger charge is -2.71. The Balaban J connectivity index is 1.56. The Kier molecular flexibility index (Phi) is 5.91. The van der Waals surface area contributed by atoms with Crippen LogP contribution in [-0.2, 0) is 14.3 Å². The fourth-order valence-electron chi connectivity index (χ4n) is 11.2. The number of carboxylic acid groups (broad SMARTS) is 1. The highest BCUT2D eigenvalue weighted by molar-refractivity contribution is 5.76. The first-order chi connectivity index (χ1) is 16.6. The molecule has 0 spiro atoms. The van der Waals surface area contributed by atoms with E-state index in [1.54, 1.807) is 6.92 Å². The molecule has 0 heterocycles. The van der Waals surface area contributed by atoms with Gasteiger partial charge in [-0.3, -0.25) is 9.59 Å². The van der Waals surface area contributed by atoms with Crippen LogP contribution in [0.5, 0.6) is 0 Å². The second kappa shape index (κ2) is 8.09. The van der Waals surface area contributed by atoms with Crippen LogP contribution in [0, 0.1) is 56.7 Å². The van der Waals surface area contributed by atoms with E-state index in [0.29, 0.717) is 23.7 Å². The number of esters is 1. The zero-order valence-corrected chi connectivity index (χ0v) is 24.1. The van der Waals surface area contributed by atoms with Crippen LogP contribution < -0.4 is 0 Å². The van der Waals surface area contributed by atoms with E-state index in [-0.39, 0.29) is 39.7 Å². The van der Waals surface area contributed by atoms with Crippen LogP contribution in [0.25, 0.3) is 0 Å². The van der Waals surface area contributed by atoms with Gasteiger partial charge in [-0.05, 0) is 104 Å². The predicted molar refractivity (Wildman–Crippen MR) is 142 cm³/mol. The SMILES string of the molecule is CC(=O)O[C@@H]1CC[C@]2(C)[C@H](CC[C@]3(C)[C@@H]2CC=C2[C@@H]4[C@H](C)[C@H](C)CC[C@@]4(C(=O)O)CC[C@@]23C)C1(C)C. The highest BCUT2D eigenvalue weighted by atomic mass is 16.5. The van der Waals surface area contributed by atoms with Crippen LogP contribution in [-0.4, -0.2) is 23.1 Å². The van der Waals surface area contributed by atoms with Crippen molar-refractivity contribution in [1.29, 1.82) is 0 Å². The summed E-state index contributed by atoms with van der Waals surface area (Å²) in [7, 11) is 0. The van der Waals surface area contributed by atoms with E-state index in [4.69, 9.17) is 4.74 Å². The summed E-state index contributed by atoms with van der Waals surface area (Å²) in [5.74, 6) is 1.53. The van der Waals surface area contributed by atoms with Crippen molar-refractivity contribution >= 4 is 11.9 Å². The zero-order valence-electron chi connectivity index (χ0n) is 24.1. The lowest BCUT2D eigenvalue weighted by atomic mass is 9.33. The molecule has 4 nitrogen and oxygen atoms in total. The van der Waals surface area contributed by atoms with Gasteiger partial charge in [0.25, 0.3) is 0 Å². The molecule has 5 aliphatic rings. The molecule has 0 unspecified atom stereocenters. The molecule has 0 aromatic rings. The number of carbonyl (C=O) groups excluding carboxylic acids is 1. The van der Waals surface area contributed by atoms with E-state index in [0.717, 1.165) is 51.4 Å². The molecule has 202 valence electrons. The van der Waals surface area contributed by atoms with E-state index >= 15 is 0 Å². The normalized spacial score (nSPS) is 51.5. The van der Waals surface area contributed by atoms with Crippen LogP contribution in [0.1, 0.15) is 113 Å². The maximum absolute atomic E-state index is 12.9. The number of allylic oxidation sites excluding steroid dienone is 2. The average Bonchev–Trinajstić information content (AvgIpc) is 2.78. The lowest BCUT2D eigenvalue weighted by molar-refractivity contribution is -0.214. The molecule has 5 rings (SSSR count). The van der Waals surface area contributed by atoms with Crippen molar-refractivity contribution < 1.29 is 19.4 Å². The number of carbonyl (C=O) groups is 2. The van der Waals surface area contributed by atoms with Crippen molar-refractivity contribution in [3.63, 3.8) is 0 Å². The van der Waals surface area contributed by atoms with Crippen LogP contribution in [0.15, 0.2) is 11.6 Å². The quantitative estimate of drug-likeness (QED) is 0.313. The molecule has 0 radical (unpaired) electrons. The highest BCUT2D eigenvalue weighted by Crippen LogP contribution is 2.75. The van der Waals surface area contributed by atoms with Gasteiger partial charge >= 0.3 is 11.9 Å². The van der Waals surface area contributed by atoms with Crippen molar-refractivity contribution in [2.45, 2.75) is 119 Å². The van der Waals surface area contributed by atoms with E-state index in [2.05, 4.69) is 54.5 Å². The molecule has 36 heavy (non-hydrogen) atoms. The topological polar surface area (TPSA) is 63.6 Å². The van der Waals surface area contributed by atoms with E-state index in [1.165, 1.54) is 12.0 Å². The Morgan fingerprint density at radius 2 is 1.61 bits per heavy atom. The second-order valence-corrected chi connectivity index (χ2v) is 15.1. The lowest BCUT2D eigenvalue weighted by Crippen LogP contribution is -2.65. The number of hydrogen-bond donors (Lipinski definition) is 1. The van der Waals surface area contributed by atoms with Crippen molar-refractivity contribution in [3.8, 4) is 0 Å². The monoisotopic (exact) mass is 498 g/mol. The molecule has 4 fully saturated rings. The van der Waals surface area contributed by atoms with Gasteiger partial charge in [0.05, 0.1) is 5.41 Å². The largest absolute Gasteiger partial charge is 0.481 e. The minimum absolute atomic E-state index is 0.00171. The number of aliphatic carboxylic acids is 1. The average molecular weight is 499 g/mol. The molecule has 0 aliphatic heterocycles. The number of hydrogen-bond acceptors (Lipinski definition) is 3. The molecule has 0 saturated heterocycles. The molecule has 4 heteroatoms. The third kappa shape index (κ3) is 3.17. The zero-order chi connectivity index (χ0) is 26.5. The first kappa shape index (κ1) is 26.3. The first-order valence-corrected chi connectivity index (χ1v) is 14.8. The van der Waals surface area contributed by atoms with Gasteiger partial charge < -0.3 is 9.84 Å². The van der Waals surface area contributed by atoms with Crippen molar-refractivity contribution in [1.82, 2.24) is 0 Å². The smallest absolute Gasteiger partial charge is 0.310 e. The molecule has 0 bridgehead atoms. The van der Waals surface area contributed by atoms with E-state index in [9.17, 15) is 14.7 Å². The summed E-state index contributed by atoms with van der Waals surface area (Å²) in [6, 6.07) is 0. The third-order valence-electron chi connectivity index (χ3n) is 13.7. The third-order valence-corrected chi connectivity index (χ3v) is 13.7. The van der Waals surface area contributed by atoms with Crippen LogP contribution >= 0.6 is 0 Å². The van der Waals surface area contributed by atoms with Gasteiger partial charge in [0.15, 0.2) is 0 Å². The van der Waals surface area contributed by atoms with Crippen LogP contribution in [0.3, 0.4) is 0 Å². The summed E-state index contributed by atoms with van der Waals surface area (Å²) in [5, 5.41) is 10.6. The molecule has 0 aromatic carbocycles. The van der Waals surface area contributed by atoms with Crippen molar-refractivity contribution in [2.24, 2.45) is 56.7 Å². The summed E-state index contributed by atoms with van der Waals surface area (Å²) in [5.41, 5.74) is 1.30. The van der Waals surface area contributed by atoms with Crippen LogP contribution in [0.4, 0.5) is 0 Å². The minimum Gasteiger partial charge on any atom is -0.481 e. The summed E-state index contributed by atoms with van der Waals surface area (Å²) in [6.45, 7) is 18.5. The predicted octanol–water partition coefficient (Wildman–Crippen LogP) is 7.66. The van der Waals surface area contributed by atoms with Gasteiger partial charge in [-0.1, -0.05) is 60.1 Å². The number of carboxylic acids is 1. The van der Waals surface area contributed by atoms with Crippen LogP contribution in [0.2, 0.25) is 0 Å². The Hall–Kier alpha value is -1.32. The molecule has 4 saturated carbocycles. The Bertz CT molecular complexity index is 981. The molecular weight excluding hydrogens is 448 g/mol. The molecule has 10 atom stereocenters. The summed E-state index contributed by atoms with van der Waals surface area (Å²) >= 11 is 0. The summed E-state index contributed by atoms with van der Waals surface area (Å²) in [4.78, 5) is 24.7. The maximum atomic E-state index is 12.9. The number of ether oxygens (including phenoxy) is 1. The van der Waals surface area contributed by atoms with Gasteiger partial charge in [0, 0.05) is 12.3 Å². The molecule has 0 amide bonds. The highest BCUT2D eigenvalue weighted by Gasteiger charge is 2.69. The standard InChI is InChI=1S/C32H50O4/c1-19-11-16-32(27(34)35)18-17-30(7)22(26(32)20(19)2)9-10-24-29(6)14-13-25(36-21(3)33)28(4,5)23(29)12-15-31(24,30)8/h9,19-20,23-26H,10-18H2,1-8H3,(H,34,35)/t19-,20-,23-,24-,25-,26+,29-,30+,31-,32-/m1/s1. The van der Waals surface area contributed by atoms with Gasteiger partial charge in [0.1, 0.15) is 6.10 Å². The molecule has 0 aromatic heterocycles. The van der Waals surface area contributed by atoms with E-state index in [1.807, 2.05) is 0 Å². The van der Waals surface area contributed by atoms with Gasteiger partial charge in [-0.25, -0.2) is 0 Å². The van der Waals surface area contributed by atoms with E-state index < -0.39 is 11.4 Å². The molecule has 5 aliphatic carbocycles. The van der Waals surface area contributed by atoms with Gasteiger partial charge in [0.2, 0.25) is 0 Å². The Labute approximate surface area is 219 Å². The number of rotatable bonds is 2. The fourth-order valence-corrected chi connectivity index (χ4v) is 11.2. The second-order valence-electron chi connectivity index (χ2n) is 15.1. The minimum atomic E-state index is -0.578. The van der Waals surface area contributed by atoms with Gasteiger partial charge in [-0.2, -0.15) is 0 Å². The van der Waals surface area contributed by atoms with Crippen molar-refractivity contribution in [2.75, 3.05) is 0 Å². The Morgan fingerprint density at radius 1 is 0.917 bits per heavy atom. The Morgan fingerprint density at radius 3 is 2.25 bits per heavy atom. The summed E-state index contributed by atoms with van der Waals surface area (Å²) < 4.78 is 5.88. The molecular formula is C32H50O4. The van der Waals surface area contributed by atoms with Crippen molar-refractivity contribution in [3.05, 3.63) is 11.6 Å². The fraction of sp³-hybridized carbons (Fsp3) is 0.875. The first-order valence-electron chi connectivity index (χ1n) is 14.8.